The Morgan fingerprint density at radius 1 is 0.800 bits per heavy atom. The van der Waals surface area contributed by atoms with Crippen molar-refractivity contribution in [3.63, 3.8) is 0 Å². The van der Waals surface area contributed by atoms with Gasteiger partial charge in [0.05, 0.1) is 0 Å². The highest BCUT2D eigenvalue weighted by Crippen LogP contribution is 2.49. The van der Waals surface area contributed by atoms with E-state index in [2.05, 4.69) is 0 Å². The summed E-state index contributed by atoms with van der Waals surface area (Å²) in [5, 5.41) is 9.25. The lowest BCUT2D eigenvalue weighted by Crippen LogP contribution is -2.58. The Balaban J connectivity index is 5.43. The van der Waals surface area contributed by atoms with Gasteiger partial charge in [-0.25, -0.2) is 0 Å². The first-order valence-electron chi connectivity index (χ1n) is 6.37. The summed E-state index contributed by atoms with van der Waals surface area (Å²) >= 11 is 0. The molecule has 0 aromatic carbocycles. The van der Waals surface area contributed by atoms with Gasteiger partial charge >= 0.3 is 12.4 Å². The number of rotatable bonds is 4. The Morgan fingerprint density at radius 3 is 1.35 bits per heavy atom. The number of aliphatic hydroxyl groups is 1. The Morgan fingerprint density at radius 2 is 1.15 bits per heavy atom. The summed E-state index contributed by atoms with van der Waals surface area (Å²) in [6.45, 7) is 8.33. The molecule has 7 heteroatoms. The number of hydrogen-bond acceptors (Lipinski definition) is 1. The van der Waals surface area contributed by atoms with E-state index in [1.165, 1.54) is 0 Å². The fourth-order valence-electron chi connectivity index (χ4n) is 2.10. The van der Waals surface area contributed by atoms with Gasteiger partial charge in [0.25, 0.3) is 5.60 Å². The van der Waals surface area contributed by atoms with Crippen molar-refractivity contribution in [3.05, 3.63) is 0 Å². The summed E-state index contributed by atoms with van der Waals surface area (Å²) in [4.78, 5) is 0. The van der Waals surface area contributed by atoms with E-state index >= 15 is 0 Å². The van der Waals surface area contributed by atoms with Gasteiger partial charge in [-0.15, -0.1) is 0 Å². The molecule has 0 aliphatic heterocycles. The van der Waals surface area contributed by atoms with Crippen LogP contribution < -0.4 is 0 Å². The van der Waals surface area contributed by atoms with E-state index in [1.54, 1.807) is 34.6 Å². The molecule has 122 valence electrons. The normalized spacial score (nSPS) is 16.6. The van der Waals surface area contributed by atoms with E-state index in [0.717, 1.165) is 0 Å². The van der Waals surface area contributed by atoms with Crippen LogP contribution in [0.5, 0.6) is 0 Å². The molecular formula is C13H22F6O. The molecule has 0 aromatic heterocycles. The summed E-state index contributed by atoms with van der Waals surface area (Å²) in [6, 6.07) is 0. The summed E-state index contributed by atoms with van der Waals surface area (Å²) in [5.74, 6) is -1.28. The van der Waals surface area contributed by atoms with Crippen molar-refractivity contribution in [2.75, 3.05) is 0 Å². The van der Waals surface area contributed by atoms with Gasteiger partial charge < -0.3 is 5.11 Å². The maximum absolute atomic E-state index is 12.7. The summed E-state index contributed by atoms with van der Waals surface area (Å²) < 4.78 is 76.1. The third-order valence-corrected chi connectivity index (χ3v) is 3.31. The maximum Gasteiger partial charge on any atom is 0.426 e. The molecule has 0 saturated carbocycles. The van der Waals surface area contributed by atoms with Crippen LogP contribution in [-0.2, 0) is 0 Å². The fraction of sp³-hybridized carbons (Fsp3) is 1.00. The van der Waals surface area contributed by atoms with Crippen LogP contribution in [0.4, 0.5) is 26.3 Å². The standard InChI is InChI=1S/C13H22F6O/c1-8(2)9(6-10(3,4)5)7-11(20,12(14,15)16)13(17,18)19/h8-9,20H,6-7H2,1-5H3. The third kappa shape index (κ3) is 4.82. The van der Waals surface area contributed by atoms with Gasteiger partial charge in [0.2, 0.25) is 0 Å². The largest absolute Gasteiger partial charge is 0.426 e. The van der Waals surface area contributed by atoms with E-state index in [4.69, 9.17) is 0 Å². The lowest BCUT2D eigenvalue weighted by atomic mass is 9.74. The molecule has 1 atom stereocenters. The molecule has 0 bridgehead atoms. The lowest BCUT2D eigenvalue weighted by Gasteiger charge is -2.38. The molecule has 0 spiro atoms. The predicted molar refractivity (Wildman–Crippen MR) is 64.1 cm³/mol. The number of halogens is 6. The van der Waals surface area contributed by atoms with Gasteiger partial charge in [0.15, 0.2) is 0 Å². The first-order chi connectivity index (χ1) is 8.51. The van der Waals surface area contributed by atoms with Crippen LogP contribution in [0.1, 0.15) is 47.5 Å². The third-order valence-electron chi connectivity index (χ3n) is 3.31. The SMILES string of the molecule is CC(C)C(CC(C)(C)C)CC(O)(C(F)(F)F)C(F)(F)F. The van der Waals surface area contributed by atoms with Crippen molar-refractivity contribution >= 4 is 0 Å². The zero-order valence-electron chi connectivity index (χ0n) is 12.3. The Hall–Kier alpha value is -0.460. The number of alkyl halides is 6. The minimum absolute atomic E-state index is 0.166. The zero-order valence-corrected chi connectivity index (χ0v) is 12.3. The van der Waals surface area contributed by atoms with E-state index in [0.29, 0.717) is 0 Å². The van der Waals surface area contributed by atoms with Gasteiger partial charge in [-0.05, 0) is 30.1 Å². The molecule has 0 fully saturated rings. The average molecular weight is 308 g/mol. The van der Waals surface area contributed by atoms with E-state index in [9.17, 15) is 31.4 Å². The second-order valence-electron chi connectivity index (χ2n) is 6.83. The fourth-order valence-corrected chi connectivity index (χ4v) is 2.10. The molecule has 20 heavy (non-hydrogen) atoms. The molecule has 0 radical (unpaired) electrons. The van der Waals surface area contributed by atoms with Gasteiger partial charge in [-0.2, -0.15) is 26.3 Å². The second-order valence-corrected chi connectivity index (χ2v) is 6.83. The van der Waals surface area contributed by atoms with E-state index in [1.807, 2.05) is 0 Å². The lowest BCUT2D eigenvalue weighted by molar-refractivity contribution is -0.373. The van der Waals surface area contributed by atoms with Gasteiger partial charge in [-0.3, -0.25) is 0 Å². The van der Waals surface area contributed by atoms with Crippen molar-refractivity contribution < 1.29 is 31.4 Å². The second kappa shape index (κ2) is 5.73. The minimum atomic E-state index is -5.74. The Labute approximate surface area is 115 Å². The van der Waals surface area contributed by atoms with Crippen LogP contribution >= 0.6 is 0 Å². The topological polar surface area (TPSA) is 20.2 Å². The molecular weight excluding hydrogens is 286 g/mol. The highest BCUT2D eigenvalue weighted by atomic mass is 19.4. The molecule has 0 amide bonds. The highest BCUT2D eigenvalue weighted by molar-refractivity contribution is 4.96. The van der Waals surface area contributed by atoms with Crippen molar-refractivity contribution in [2.45, 2.75) is 65.4 Å². The molecule has 0 saturated heterocycles. The van der Waals surface area contributed by atoms with Crippen LogP contribution in [0.3, 0.4) is 0 Å². The molecule has 0 aromatic rings. The van der Waals surface area contributed by atoms with Gasteiger partial charge in [0, 0.05) is 0 Å². The van der Waals surface area contributed by atoms with Crippen molar-refractivity contribution in [1.29, 1.82) is 0 Å². The number of hydrogen-bond donors (Lipinski definition) is 1. The van der Waals surface area contributed by atoms with Crippen LogP contribution in [0.15, 0.2) is 0 Å². The summed E-state index contributed by atoms with van der Waals surface area (Å²) in [6.07, 6.45) is -12.7. The van der Waals surface area contributed by atoms with Crippen LogP contribution in [0.25, 0.3) is 0 Å². The van der Waals surface area contributed by atoms with E-state index in [-0.39, 0.29) is 6.42 Å². The smallest absolute Gasteiger partial charge is 0.374 e. The van der Waals surface area contributed by atoms with Crippen molar-refractivity contribution in [3.8, 4) is 0 Å². The van der Waals surface area contributed by atoms with Crippen molar-refractivity contribution in [2.24, 2.45) is 17.3 Å². The summed E-state index contributed by atoms with van der Waals surface area (Å²) in [5.41, 5.74) is -5.08. The molecule has 0 heterocycles. The monoisotopic (exact) mass is 308 g/mol. The quantitative estimate of drug-likeness (QED) is 0.729. The molecule has 1 N–H and O–H groups in total. The van der Waals surface area contributed by atoms with Crippen molar-refractivity contribution in [1.82, 2.24) is 0 Å². The first-order valence-corrected chi connectivity index (χ1v) is 6.37. The molecule has 0 aliphatic rings. The minimum Gasteiger partial charge on any atom is -0.374 e. The van der Waals surface area contributed by atoms with E-state index < -0.39 is 41.6 Å². The molecule has 1 nitrogen and oxygen atoms in total. The highest BCUT2D eigenvalue weighted by Gasteiger charge is 2.70. The average Bonchev–Trinajstić information content (AvgIpc) is 2.10. The predicted octanol–water partition coefficient (Wildman–Crippen LogP) is 4.94. The maximum atomic E-state index is 12.7. The molecule has 1 unspecified atom stereocenters. The first kappa shape index (κ1) is 19.5. The Bertz CT molecular complexity index is 296. The molecule has 0 rings (SSSR count). The van der Waals surface area contributed by atoms with Crippen LogP contribution in [-0.4, -0.2) is 23.1 Å². The van der Waals surface area contributed by atoms with Gasteiger partial charge in [0.1, 0.15) is 0 Å². The van der Waals surface area contributed by atoms with Gasteiger partial charge in [-0.1, -0.05) is 34.6 Å². The molecule has 0 aliphatic carbocycles. The summed E-state index contributed by atoms with van der Waals surface area (Å²) in [7, 11) is 0. The van der Waals surface area contributed by atoms with Crippen LogP contribution in [0, 0.1) is 17.3 Å². The van der Waals surface area contributed by atoms with Crippen LogP contribution in [0.2, 0.25) is 0 Å². The Kier molecular flexibility index (Phi) is 5.60. The zero-order chi connectivity index (χ0) is 16.6.